The second-order valence-corrected chi connectivity index (χ2v) is 7.90. The number of para-hydroxylation sites is 1. The summed E-state index contributed by atoms with van der Waals surface area (Å²) in [5.74, 6) is 0. The smallest absolute Gasteiger partial charge is 0.370 e. The Morgan fingerprint density at radius 3 is 2.32 bits per heavy atom. The number of nitro benzene ring substituents is 1. The van der Waals surface area contributed by atoms with E-state index in [4.69, 9.17) is 0 Å². The molecule has 0 aliphatic carbocycles. The van der Waals surface area contributed by atoms with Crippen LogP contribution in [-0.2, 0) is 16.2 Å². The molecule has 1 aliphatic rings. The number of nitrogens with zero attached hydrogens (tertiary/aromatic N) is 2. The first-order valence-electron chi connectivity index (χ1n) is 8.32. The molecule has 28 heavy (non-hydrogen) atoms. The van der Waals surface area contributed by atoms with Crippen molar-refractivity contribution in [2.75, 3.05) is 22.7 Å². The van der Waals surface area contributed by atoms with Crippen molar-refractivity contribution in [2.45, 2.75) is 23.9 Å². The lowest BCUT2D eigenvalue weighted by molar-refractivity contribution is -0.387. The van der Waals surface area contributed by atoms with E-state index in [1.54, 1.807) is 4.90 Å². The van der Waals surface area contributed by atoms with Crippen LogP contribution in [0.15, 0.2) is 47.4 Å². The van der Waals surface area contributed by atoms with Crippen LogP contribution < -0.4 is 9.62 Å². The van der Waals surface area contributed by atoms with Gasteiger partial charge in [0.15, 0.2) is 4.90 Å². The highest BCUT2D eigenvalue weighted by molar-refractivity contribution is 7.92. The van der Waals surface area contributed by atoms with Gasteiger partial charge in [0.05, 0.1) is 21.9 Å². The van der Waals surface area contributed by atoms with E-state index in [9.17, 15) is 31.7 Å². The summed E-state index contributed by atoms with van der Waals surface area (Å²) in [6.07, 6.45) is -3.00. The average molecular weight is 415 g/mol. The molecule has 0 bridgehead atoms. The summed E-state index contributed by atoms with van der Waals surface area (Å²) in [7, 11) is -4.49. The maximum absolute atomic E-state index is 13.1. The first-order chi connectivity index (χ1) is 13.1. The molecular formula is C17H16F3N3O4S. The number of hydrogen-bond acceptors (Lipinski definition) is 5. The van der Waals surface area contributed by atoms with Crippen molar-refractivity contribution in [1.29, 1.82) is 0 Å². The molecule has 1 N–H and O–H groups in total. The molecule has 0 amide bonds. The van der Waals surface area contributed by atoms with Crippen LogP contribution in [0.3, 0.4) is 0 Å². The van der Waals surface area contributed by atoms with Gasteiger partial charge in [-0.15, -0.1) is 0 Å². The summed E-state index contributed by atoms with van der Waals surface area (Å²) in [5.41, 5.74) is -1.65. The number of anilines is 2. The van der Waals surface area contributed by atoms with Crippen LogP contribution in [0.25, 0.3) is 0 Å². The quantitative estimate of drug-likeness (QED) is 0.588. The van der Waals surface area contributed by atoms with Crippen LogP contribution >= 0.6 is 0 Å². The maximum atomic E-state index is 13.1. The van der Waals surface area contributed by atoms with Crippen LogP contribution in [0.2, 0.25) is 0 Å². The van der Waals surface area contributed by atoms with Crippen LogP contribution in [0, 0.1) is 10.1 Å². The van der Waals surface area contributed by atoms with Crippen molar-refractivity contribution >= 4 is 27.1 Å². The Balaban J connectivity index is 2.08. The van der Waals surface area contributed by atoms with E-state index in [1.807, 2.05) is 0 Å². The molecule has 0 saturated carbocycles. The van der Waals surface area contributed by atoms with Crippen molar-refractivity contribution in [3.8, 4) is 0 Å². The zero-order chi connectivity index (χ0) is 20.5. The van der Waals surface area contributed by atoms with Crippen molar-refractivity contribution in [3.05, 3.63) is 58.1 Å². The average Bonchev–Trinajstić information content (AvgIpc) is 3.15. The molecule has 1 saturated heterocycles. The van der Waals surface area contributed by atoms with E-state index in [-0.39, 0.29) is 5.69 Å². The van der Waals surface area contributed by atoms with Gasteiger partial charge >= 0.3 is 6.18 Å². The Bertz CT molecular complexity index is 1000. The number of benzene rings is 2. The molecular weight excluding hydrogens is 399 g/mol. The van der Waals surface area contributed by atoms with Gasteiger partial charge in [-0.1, -0.05) is 12.1 Å². The molecule has 11 heteroatoms. The predicted octanol–water partition coefficient (Wildman–Crippen LogP) is 4.01. The SMILES string of the molecule is O=[N+]([O-])c1ccccc1S(=O)(=O)Nc1cc(C(F)(F)F)ccc1N1CCCC1. The monoisotopic (exact) mass is 415 g/mol. The molecule has 0 atom stereocenters. The highest BCUT2D eigenvalue weighted by atomic mass is 32.2. The molecule has 0 radical (unpaired) electrons. The zero-order valence-electron chi connectivity index (χ0n) is 14.4. The fourth-order valence-corrected chi connectivity index (χ4v) is 4.30. The van der Waals surface area contributed by atoms with Crippen LogP contribution in [0.4, 0.5) is 30.2 Å². The van der Waals surface area contributed by atoms with Crippen LogP contribution in [0.1, 0.15) is 18.4 Å². The summed E-state index contributed by atoms with van der Waals surface area (Å²) in [6.45, 7) is 1.15. The highest BCUT2D eigenvalue weighted by Gasteiger charge is 2.33. The fraction of sp³-hybridized carbons (Fsp3) is 0.294. The van der Waals surface area contributed by atoms with Gasteiger partial charge in [-0.05, 0) is 37.1 Å². The minimum absolute atomic E-state index is 0.269. The lowest BCUT2D eigenvalue weighted by Crippen LogP contribution is -2.22. The molecule has 1 fully saturated rings. The Kier molecular flexibility index (Phi) is 5.20. The highest BCUT2D eigenvalue weighted by Crippen LogP contribution is 2.38. The van der Waals surface area contributed by atoms with Crippen molar-refractivity contribution in [1.82, 2.24) is 0 Å². The third kappa shape index (κ3) is 4.03. The number of rotatable bonds is 5. The number of sulfonamides is 1. The number of halogens is 3. The van der Waals surface area contributed by atoms with Gasteiger partial charge in [-0.2, -0.15) is 13.2 Å². The molecule has 0 spiro atoms. The first-order valence-corrected chi connectivity index (χ1v) is 9.80. The lowest BCUT2D eigenvalue weighted by Gasteiger charge is -2.23. The zero-order valence-corrected chi connectivity index (χ0v) is 15.3. The second-order valence-electron chi connectivity index (χ2n) is 6.25. The topological polar surface area (TPSA) is 92.5 Å². The van der Waals surface area contributed by atoms with E-state index in [0.29, 0.717) is 24.8 Å². The van der Waals surface area contributed by atoms with Gasteiger partial charge in [0.2, 0.25) is 0 Å². The number of alkyl halides is 3. The molecule has 150 valence electrons. The summed E-state index contributed by atoms with van der Waals surface area (Å²) in [5, 5.41) is 11.1. The Morgan fingerprint density at radius 1 is 1.07 bits per heavy atom. The third-order valence-electron chi connectivity index (χ3n) is 4.37. The molecule has 3 rings (SSSR count). The number of nitro groups is 1. The van der Waals surface area contributed by atoms with Crippen molar-refractivity contribution in [3.63, 3.8) is 0 Å². The third-order valence-corrected chi connectivity index (χ3v) is 5.78. The van der Waals surface area contributed by atoms with Crippen molar-refractivity contribution < 1.29 is 26.5 Å². The first kappa shape index (κ1) is 19.9. The van der Waals surface area contributed by atoms with Crippen LogP contribution in [0.5, 0.6) is 0 Å². The minimum Gasteiger partial charge on any atom is -0.370 e. The van der Waals surface area contributed by atoms with Gasteiger partial charge in [0, 0.05) is 19.2 Å². The van der Waals surface area contributed by atoms with Gasteiger partial charge < -0.3 is 4.90 Å². The maximum Gasteiger partial charge on any atom is 0.416 e. The van der Waals surface area contributed by atoms with Gasteiger partial charge in [-0.3, -0.25) is 14.8 Å². The van der Waals surface area contributed by atoms with Gasteiger partial charge in [0.1, 0.15) is 0 Å². The lowest BCUT2D eigenvalue weighted by atomic mass is 10.1. The van der Waals surface area contributed by atoms with Gasteiger partial charge in [-0.25, -0.2) is 8.42 Å². The normalized spacial score (nSPS) is 14.9. The molecule has 7 nitrogen and oxygen atoms in total. The van der Waals surface area contributed by atoms with E-state index in [0.717, 1.165) is 31.0 Å². The van der Waals surface area contributed by atoms with Gasteiger partial charge in [0.25, 0.3) is 15.7 Å². The number of nitrogens with one attached hydrogen (secondary N) is 1. The molecule has 2 aromatic carbocycles. The molecule has 0 aromatic heterocycles. The van der Waals surface area contributed by atoms with E-state index >= 15 is 0 Å². The second kappa shape index (κ2) is 7.30. The summed E-state index contributed by atoms with van der Waals surface area (Å²) in [6, 6.07) is 7.46. The Hall–Kier alpha value is -2.82. The summed E-state index contributed by atoms with van der Waals surface area (Å²) < 4.78 is 67.0. The Labute approximate surface area is 159 Å². The predicted molar refractivity (Wildman–Crippen MR) is 96.8 cm³/mol. The molecule has 2 aromatic rings. The largest absolute Gasteiger partial charge is 0.416 e. The van der Waals surface area contributed by atoms with Crippen molar-refractivity contribution in [2.24, 2.45) is 0 Å². The Morgan fingerprint density at radius 2 is 1.71 bits per heavy atom. The molecule has 0 unspecified atom stereocenters. The standard InChI is InChI=1S/C17H16F3N3O4S/c18-17(19,20)12-7-8-14(22-9-3-4-10-22)13(11-12)21-28(26,27)16-6-2-1-5-15(16)23(24)25/h1-2,5-8,11,21H,3-4,9-10H2. The fourth-order valence-electron chi connectivity index (χ4n) is 3.06. The summed E-state index contributed by atoms with van der Waals surface area (Å²) in [4.78, 5) is 11.4. The molecule has 1 aliphatic heterocycles. The number of hydrogen-bond donors (Lipinski definition) is 1. The summed E-state index contributed by atoms with van der Waals surface area (Å²) >= 11 is 0. The van der Waals surface area contributed by atoms with Crippen LogP contribution in [-0.4, -0.2) is 26.4 Å². The van der Waals surface area contributed by atoms with E-state index < -0.39 is 37.3 Å². The minimum atomic E-state index is -4.66. The van der Waals surface area contributed by atoms with E-state index in [1.165, 1.54) is 18.2 Å². The van der Waals surface area contributed by atoms with E-state index in [2.05, 4.69) is 4.72 Å². The molecule has 1 heterocycles.